The van der Waals surface area contributed by atoms with Crippen molar-refractivity contribution in [3.63, 3.8) is 0 Å². The summed E-state index contributed by atoms with van der Waals surface area (Å²) in [6, 6.07) is 6.54. The van der Waals surface area contributed by atoms with Crippen LogP contribution in [0.25, 0.3) is 0 Å². The molecule has 1 aliphatic heterocycles. The van der Waals surface area contributed by atoms with Crippen molar-refractivity contribution in [3.05, 3.63) is 30.1 Å². The third-order valence-corrected chi connectivity index (χ3v) is 3.64. The number of rotatable bonds is 3. The van der Waals surface area contributed by atoms with E-state index in [9.17, 15) is 9.18 Å². The van der Waals surface area contributed by atoms with Crippen molar-refractivity contribution in [2.45, 2.75) is 24.9 Å². The summed E-state index contributed by atoms with van der Waals surface area (Å²) >= 11 is 0. The second-order valence-corrected chi connectivity index (χ2v) is 5.02. The van der Waals surface area contributed by atoms with Gasteiger partial charge in [-0.3, -0.25) is 4.79 Å². The fourth-order valence-electron chi connectivity index (χ4n) is 2.46. The van der Waals surface area contributed by atoms with Crippen LogP contribution in [0.4, 0.5) is 10.1 Å². The van der Waals surface area contributed by atoms with E-state index in [0.717, 1.165) is 0 Å². The second-order valence-electron chi connectivity index (χ2n) is 5.02. The maximum absolute atomic E-state index is 13.6. The summed E-state index contributed by atoms with van der Waals surface area (Å²) < 4.78 is 13.6. The van der Waals surface area contributed by atoms with Gasteiger partial charge in [-0.2, -0.15) is 0 Å². The molecule has 1 fully saturated rings. The molecule has 1 aliphatic rings. The maximum atomic E-state index is 13.6. The molecule has 1 heterocycles. The molecule has 0 radical (unpaired) electrons. The van der Waals surface area contributed by atoms with Crippen molar-refractivity contribution in [2.75, 3.05) is 18.9 Å². The maximum Gasteiger partial charge on any atom is 0.244 e. The predicted molar refractivity (Wildman–Crippen MR) is 68.7 cm³/mol. The summed E-state index contributed by atoms with van der Waals surface area (Å²) in [6.07, 6.45) is 0.577. The number of nitrogens with zero attached hydrogens (tertiary/aromatic N) is 1. The third kappa shape index (κ3) is 2.18. The van der Waals surface area contributed by atoms with Crippen molar-refractivity contribution < 1.29 is 9.18 Å². The zero-order chi connectivity index (χ0) is 13.3. The van der Waals surface area contributed by atoms with E-state index in [1.165, 1.54) is 6.07 Å². The molecule has 5 heteroatoms. The lowest BCUT2D eigenvalue weighted by Gasteiger charge is -2.28. The average molecular weight is 251 g/mol. The number of hydrogen-bond donors (Lipinski definition) is 2. The van der Waals surface area contributed by atoms with Crippen LogP contribution in [0.15, 0.2) is 24.3 Å². The number of nitrogens with two attached hydrogens (primary N) is 1. The van der Waals surface area contributed by atoms with E-state index in [1.807, 2.05) is 18.9 Å². The Labute approximate surface area is 106 Å². The molecule has 0 bridgehead atoms. The van der Waals surface area contributed by atoms with E-state index in [1.54, 1.807) is 18.2 Å². The number of primary amides is 1. The Morgan fingerprint density at radius 3 is 2.72 bits per heavy atom. The minimum Gasteiger partial charge on any atom is -0.368 e. The van der Waals surface area contributed by atoms with E-state index in [4.69, 9.17) is 5.73 Å². The van der Waals surface area contributed by atoms with Crippen LogP contribution in [-0.4, -0.2) is 36.0 Å². The van der Waals surface area contributed by atoms with Gasteiger partial charge in [-0.25, -0.2) is 4.39 Å². The predicted octanol–water partition coefficient (Wildman–Crippen LogP) is 1.19. The highest BCUT2D eigenvalue weighted by Crippen LogP contribution is 2.30. The van der Waals surface area contributed by atoms with E-state index in [2.05, 4.69) is 5.32 Å². The van der Waals surface area contributed by atoms with Crippen LogP contribution in [-0.2, 0) is 4.79 Å². The smallest absolute Gasteiger partial charge is 0.244 e. The summed E-state index contributed by atoms with van der Waals surface area (Å²) in [6.45, 7) is 2.51. The summed E-state index contributed by atoms with van der Waals surface area (Å²) in [7, 11) is 1.93. The molecule has 1 aromatic rings. The quantitative estimate of drug-likeness (QED) is 0.848. The highest BCUT2D eigenvalue weighted by atomic mass is 19.1. The van der Waals surface area contributed by atoms with Crippen molar-refractivity contribution in [2.24, 2.45) is 5.73 Å². The highest BCUT2D eigenvalue weighted by Gasteiger charge is 2.45. The number of amides is 1. The Kier molecular flexibility index (Phi) is 3.26. The molecule has 98 valence electrons. The normalized spacial score (nSPS) is 28.3. The van der Waals surface area contributed by atoms with Crippen LogP contribution in [0.2, 0.25) is 0 Å². The zero-order valence-corrected chi connectivity index (χ0v) is 10.6. The summed E-state index contributed by atoms with van der Waals surface area (Å²) in [5.74, 6) is -0.817. The van der Waals surface area contributed by atoms with Crippen molar-refractivity contribution in [1.82, 2.24) is 4.90 Å². The number of carbonyl (C=O) groups is 1. The summed E-state index contributed by atoms with van der Waals surface area (Å²) in [5, 5.41) is 2.99. The molecule has 0 saturated carbocycles. The van der Waals surface area contributed by atoms with E-state index in [-0.39, 0.29) is 11.9 Å². The van der Waals surface area contributed by atoms with Crippen LogP contribution in [0, 0.1) is 5.82 Å². The molecule has 1 saturated heterocycles. The van der Waals surface area contributed by atoms with Crippen LogP contribution < -0.4 is 11.1 Å². The fourth-order valence-corrected chi connectivity index (χ4v) is 2.46. The van der Waals surface area contributed by atoms with Gasteiger partial charge in [0.25, 0.3) is 0 Å². The number of likely N-dealkylation sites (tertiary alicyclic amines) is 1. The first-order valence-corrected chi connectivity index (χ1v) is 5.97. The van der Waals surface area contributed by atoms with Gasteiger partial charge in [0.15, 0.2) is 0 Å². The number of halogens is 1. The second kappa shape index (κ2) is 4.57. The van der Waals surface area contributed by atoms with E-state index < -0.39 is 11.4 Å². The fraction of sp³-hybridized carbons (Fsp3) is 0.462. The molecule has 18 heavy (non-hydrogen) atoms. The topological polar surface area (TPSA) is 58.4 Å². The Bertz CT molecular complexity index is 453. The molecule has 4 nitrogen and oxygen atoms in total. The lowest BCUT2D eigenvalue weighted by atomic mass is 9.95. The van der Waals surface area contributed by atoms with Gasteiger partial charge in [0.1, 0.15) is 11.4 Å². The first-order valence-electron chi connectivity index (χ1n) is 5.97. The molecular formula is C13H18FN3O. The number of likely N-dealkylation sites (N-methyl/N-ethyl adjacent to an activating group) is 1. The zero-order valence-electron chi connectivity index (χ0n) is 10.6. The van der Waals surface area contributed by atoms with Crippen LogP contribution in [0.5, 0.6) is 0 Å². The minimum atomic E-state index is -0.893. The molecular weight excluding hydrogens is 233 g/mol. The van der Waals surface area contributed by atoms with Crippen LogP contribution in [0.3, 0.4) is 0 Å². The number of hydrogen-bond acceptors (Lipinski definition) is 3. The standard InChI is InChI=1S/C13H18FN3O/c1-9-7-13(12(15)18,8-17(9)2)16-11-6-4-3-5-10(11)14/h3-6,9,16H,7-8H2,1-2H3,(H2,15,18). The highest BCUT2D eigenvalue weighted by molar-refractivity contribution is 5.89. The van der Waals surface area contributed by atoms with Crippen LogP contribution in [0.1, 0.15) is 13.3 Å². The molecule has 2 unspecified atom stereocenters. The molecule has 1 amide bonds. The Hall–Kier alpha value is -1.62. The minimum absolute atomic E-state index is 0.233. The Balaban J connectivity index is 2.29. The van der Waals surface area contributed by atoms with Crippen molar-refractivity contribution in [3.8, 4) is 0 Å². The number of benzene rings is 1. The largest absolute Gasteiger partial charge is 0.368 e. The SMILES string of the molecule is CC1CC(Nc2ccccc2F)(C(N)=O)CN1C. The summed E-state index contributed by atoms with van der Waals surface area (Å²) in [4.78, 5) is 13.8. The Morgan fingerprint density at radius 2 is 2.22 bits per heavy atom. The number of carbonyl (C=O) groups excluding carboxylic acids is 1. The van der Waals surface area contributed by atoms with Gasteiger partial charge in [0.05, 0.1) is 5.69 Å². The van der Waals surface area contributed by atoms with E-state index in [0.29, 0.717) is 18.7 Å². The van der Waals surface area contributed by atoms with Gasteiger partial charge in [-0.1, -0.05) is 12.1 Å². The van der Waals surface area contributed by atoms with Gasteiger partial charge in [0.2, 0.25) is 5.91 Å². The Morgan fingerprint density at radius 1 is 1.56 bits per heavy atom. The van der Waals surface area contributed by atoms with Crippen molar-refractivity contribution >= 4 is 11.6 Å². The summed E-state index contributed by atoms with van der Waals surface area (Å²) in [5.41, 5.74) is 4.93. The first-order chi connectivity index (χ1) is 8.44. The molecule has 1 aromatic carbocycles. The molecule has 0 spiro atoms. The molecule has 0 aliphatic carbocycles. The van der Waals surface area contributed by atoms with Crippen LogP contribution >= 0.6 is 0 Å². The van der Waals surface area contributed by atoms with Gasteiger partial charge < -0.3 is 16.0 Å². The van der Waals surface area contributed by atoms with E-state index >= 15 is 0 Å². The van der Waals surface area contributed by atoms with Crippen molar-refractivity contribution in [1.29, 1.82) is 0 Å². The first kappa shape index (κ1) is 12.8. The monoisotopic (exact) mass is 251 g/mol. The number of nitrogens with one attached hydrogen (secondary N) is 1. The van der Waals surface area contributed by atoms with Gasteiger partial charge in [0, 0.05) is 12.6 Å². The molecule has 3 N–H and O–H groups in total. The third-order valence-electron chi connectivity index (χ3n) is 3.64. The molecule has 2 atom stereocenters. The number of anilines is 1. The lowest BCUT2D eigenvalue weighted by Crippen LogP contribution is -2.52. The lowest BCUT2D eigenvalue weighted by molar-refractivity contribution is -0.121. The van der Waals surface area contributed by atoms with Gasteiger partial charge >= 0.3 is 0 Å². The van der Waals surface area contributed by atoms with Gasteiger partial charge in [-0.05, 0) is 32.5 Å². The molecule has 2 rings (SSSR count). The molecule has 0 aromatic heterocycles. The average Bonchev–Trinajstić information content (AvgIpc) is 2.59. The van der Waals surface area contributed by atoms with Gasteiger partial charge in [-0.15, -0.1) is 0 Å². The number of para-hydroxylation sites is 1.